The van der Waals surface area contributed by atoms with Gasteiger partial charge in [-0.05, 0) is 28.9 Å². The Morgan fingerprint density at radius 2 is 2.15 bits per heavy atom. The summed E-state index contributed by atoms with van der Waals surface area (Å²) in [6.45, 7) is 1.62. The Hall–Kier alpha value is -0.710. The monoisotopic (exact) mass is 251 g/mol. The molecule has 0 aromatic carbocycles. The van der Waals surface area contributed by atoms with Gasteiger partial charge in [-0.15, -0.1) is 0 Å². The number of halogens is 3. The molecule has 0 amide bonds. The van der Waals surface area contributed by atoms with Crippen molar-refractivity contribution in [1.29, 1.82) is 0 Å². The van der Waals surface area contributed by atoms with Crippen LogP contribution in [0.2, 0.25) is 0 Å². The summed E-state index contributed by atoms with van der Waals surface area (Å²) in [5.41, 5.74) is 0.206. The zero-order valence-electron chi connectivity index (χ0n) is 7.14. The Bertz CT molecular complexity index is 294. The highest BCUT2D eigenvalue weighted by atomic mass is 79.9. The second-order valence-electron chi connectivity index (χ2n) is 2.45. The Balaban J connectivity index is 3.20. The van der Waals surface area contributed by atoms with E-state index in [1.54, 1.807) is 6.92 Å². The number of pyridine rings is 1. The standard InChI is InChI=1S/C8H8BrF2NO/c1-4-7(13-2)5(9)3-6(12-4)8(10)11/h3,8H,1-2H3. The summed E-state index contributed by atoms with van der Waals surface area (Å²) >= 11 is 3.13. The summed E-state index contributed by atoms with van der Waals surface area (Å²) in [6.07, 6.45) is -2.55. The summed E-state index contributed by atoms with van der Waals surface area (Å²) < 4.78 is 29.9. The van der Waals surface area contributed by atoms with Gasteiger partial charge in [0.1, 0.15) is 5.69 Å². The molecule has 0 aliphatic carbocycles. The van der Waals surface area contributed by atoms with Gasteiger partial charge >= 0.3 is 0 Å². The van der Waals surface area contributed by atoms with Crippen molar-refractivity contribution in [3.05, 3.63) is 21.9 Å². The molecule has 0 spiro atoms. The van der Waals surface area contributed by atoms with Gasteiger partial charge in [0.25, 0.3) is 6.43 Å². The molecule has 1 heterocycles. The van der Waals surface area contributed by atoms with E-state index in [1.807, 2.05) is 0 Å². The lowest BCUT2D eigenvalue weighted by molar-refractivity contribution is 0.145. The van der Waals surface area contributed by atoms with Gasteiger partial charge in [-0.1, -0.05) is 0 Å². The predicted molar refractivity (Wildman–Crippen MR) is 48.2 cm³/mol. The van der Waals surface area contributed by atoms with Crippen molar-refractivity contribution >= 4 is 15.9 Å². The first-order valence-corrected chi connectivity index (χ1v) is 4.34. The number of alkyl halides is 2. The summed E-state index contributed by atoms with van der Waals surface area (Å²) in [5, 5.41) is 0. The number of aryl methyl sites for hydroxylation is 1. The lowest BCUT2D eigenvalue weighted by Crippen LogP contribution is -1.97. The number of nitrogens with zero attached hydrogens (tertiary/aromatic N) is 1. The van der Waals surface area contributed by atoms with Crippen molar-refractivity contribution < 1.29 is 13.5 Å². The van der Waals surface area contributed by atoms with Crippen LogP contribution in [-0.4, -0.2) is 12.1 Å². The van der Waals surface area contributed by atoms with E-state index in [1.165, 1.54) is 13.2 Å². The first-order valence-electron chi connectivity index (χ1n) is 3.55. The van der Waals surface area contributed by atoms with Crippen molar-refractivity contribution in [3.63, 3.8) is 0 Å². The molecule has 0 aliphatic rings. The van der Waals surface area contributed by atoms with Crippen LogP contribution in [0.25, 0.3) is 0 Å². The van der Waals surface area contributed by atoms with Crippen LogP contribution in [0.5, 0.6) is 5.75 Å². The minimum atomic E-state index is -2.55. The highest BCUT2D eigenvalue weighted by Crippen LogP contribution is 2.30. The van der Waals surface area contributed by atoms with Gasteiger partial charge in [0.05, 0.1) is 17.3 Å². The molecule has 0 saturated carbocycles. The van der Waals surface area contributed by atoms with Crippen molar-refractivity contribution in [3.8, 4) is 5.75 Å². The van der Waals surface area contributed by atoms with Crippen LogP contribution in [0, 0.1) is 6.92 Å². The van der Waals surface area contributed by atoms with Gasteiger partial charge in [0.2, 0.25) is 0 Å². The molecule has 1 aromatic rings. The molecule has 0 N–H and O–H groups in total. The Morgan fingerprint density at radius 1 is 1.54 bits per heavy atom. The van der Waals surface area contributed by atoms with Crippen LogP contribution >= 0.6 is 15.9 Å². The molecule has 13 heavy (non-hydrogen) atoms. The molecule has 0 bridgehead atoms. The number of hydrogen-bond donors (Lipinski definition) is 0. The fourth-order valence-corrected chi connectivity index (χ4v) is 1.69. The molecule has 0 radical (unpaired) electrons. The fourth-order valence-electron chi connectivity index (χ4n) is 1.00. The molecule has 5 heteroatoms. The van der Waals surface area contributed by atoms with Gasteiger partial charge in [0, 0.05) is 0 Å². The van der Waals surface area contributed by atoms with E-state index < -0.39 is 6.43 Å². The topological polar surface area (TPSA) is 22.1 Å². The number of methoxy groups -OCH3 is 1. The SMILES string of the molecule is COc1c(Br)cc(C(F)F)nc1C. The molecule has 0 saturated heterocycles. The van der Waals surface area contributed by atoms with Crippen LogP contribution in [0.15, 0.2) is 10.5 Å². The molecule has 1 aromatic heterocycles. The van der Waals surface area contributed by atoms with Crippen molar-refractivity contribution in [1.82, 2.24) is 4.98 Å². The second-order valence-corrected chi connectivity index (χ2v) is 3.30. The van der Waals surface area contributed by atoms with Crippen LogP contribution < -0.4 is 4.74 Å². The quantitative estimate of drug-likeness (QED) is 0.806. The van der Waals surface area contributed by atoms with Crippen molar-refractivity contribution in [2.45, 2.75) is 13.3 Å². The number of ether oxygens (including phenoxy) is 1. The highest BCUT2D eigenvalue weighted by molar-refractivity contribution is 9.10. The van der Waals surface area contributed by atoms with Gasteiger partial charge in [-0.25, -0.2) is 13.8 Å². The Labute approximate surface area is 83.1 Å². The summed E-state index contributed by atoms with van der Waals surface area (Å²) in [7, 11) is 1.47. The van der Waals surface area contributed by atoms with Crippen LogP contribution in [-0.2, 0) is 0 Å². The Kier molecular flexibility index (Phi) is 3.19. The second kappa shape index (κ2) is 4.00. The molecule has 0 aliphatic heterocycles. The molecule has 0 unspecified atom stereocenters. The van der Waals surface area contributed by atoms with E-state index in [-0.39, 0.29) is 5.69 Å². The Morgan fingerprint density at radius 3 is 2.54 bits per heavy atom. The van der Waals surface area contributed by atoms with E-state index in [0.717, 1.165) is 0 Å². The number of rotatable bonds is 2. The molecular formula is C8H8BrF2NO. The zero-order valence-corrected chi connectivity index (χ0v) is 8.73. The van der Waals surface area contributed by atoms with Crippen LogP contribution in [0.3, 0.4) is 0 Å². The van der Waals surface area contributed by atoms with Crippen LogP contribution in [0.1, 0.15) is 17.8 Å². The smallest absolute Gasteiger partial charge is 0.280 e. The predicted octanol–water partition coefficient (Wildman–Crippen LogP) is 3.10. The minimum absolute atomic E-state index is 0.245. The average Bonchev–Trinajstić information content (AvgIpc) is 2.03. The number of aromatic nitrogens is 1. The average molecular weight is 252 g/mol. The van der Waals surface area contributed by atoms with E-state index in [0.29, 0.717) is 15.9 Å². The van der Waals surface area contributed by atoms with Crippen molar-refractivity contribution in [2.24, 2.45) is 0 Å². The minimum Gasteiger partial charge on any atom is -0.494 e. The zero-order chi connectivity index (χ0) is 10.0. The normalized spacial score (nSPS) is 10.6. The first-order chi connectivity index (χ1) is 6.06. The van der Waals surface area contributed by atoms with Gasteiger partial charge in [-0.3, -0.25) is 0 Å². The maximum Gasteiger partial charge on any atom is 0.280 e. The summed E-state index contributed by atoms with van der Waals surface area (Å²) in [6, 6.07) is 1.26. The van der Waals surface area contributed by atoms with E-state index >= 15 is 0 Å². The lowest BCUT2D eigenvalue weighted by atomic mass is 10.3. The maximum atomic E-state index is 12.2. The molecule has 2 nitrogen and oxygen atoms in total. The van der Waals surface area contributed by atoms with E-state index in [2.05, 4.69) is 20.9 Å². The molecule has 0 fully saturated rings. The van der Waals surface area contributed by atoms with Crippen molar-refractivity contribution in [2.75, 3.05) is 7.11 Å². The fraction of sp³-hybridized carbons (Fsp3) is 0.375. The van der Waals surface area contributed by atoms with Gasteiger partial charge in [0.15, 0.2) is 5.75 Å². The molecule has 1 rings (SSSR count). The molecule has 72 valence electrons. The van der Waals surface area contributed by atoms with E-state index in [9.17, 15) is 8.78 Å². The van der Waals surface area contributed by atoms with Gasteiger partial charge in [-0.2, -0.15) is 0 Å². The third-order valence-electron chi connectivity index (χ3n) is 1.54. The van der Waals surface area contributed by atoms with E-state index in [4.69, 9.17) is 4.74 Å². The summed E-state index contributed by atoms with van der Waals surface area (Å²) in [5.74, 6) is 0.490. The van der Waals surface area contributed by atoms with Crippen LogP contribution in [0.4, 0.5) is 8.78 Å². The largest absolute Gasteiger partial charge is 0.494 e. The third kappa shape index (κ3) is 2.15. The maximum absolute atomic E-state index is 12.2. The third-order valence-corrected chi connectivity index (χ3v) is 2.13. The first kappa shape index (κ1) is 10.4. The lowest BCUT2D eigenvalue weighted by Gasteiger charge is -2.08. The molecular weight excluding hydrogens is 244 g/mol. The highest BCUT2D eigenvalue weighted by Gasteiger charge is 2.14. The number of hydrogen-bond acceptors (Lipinski definition) is 2. The molecule has 0 atom stereocenters. The van der Waals surface area contributed by atoms with Gasteiger partial charge < -0.3 is 4.74 Å². The summed E-state index contributed by atoms with van der Waals surface area (Å²) in [4.78, 5) is 3.70.